The summed E-state index contributed by atoms with van der Waals surface area (Å²) in [6.45, 7) is 5.17. The van der Waals surface area contributed by atoms with Gasteiger partial charge in [-0.15, -0.1) is 0 Å². The highest BCUT2D eigenvalue weighted by atomic mass is 16.5. The Labute approximate surface area is 120 Å². The van der Waals surface area contributed by atoms with Crippen LogP contribution < -0.4 is 10.6 Å². The van der Waals surface area contributed by atoms with Crippen molar-refractivity contribution in [3.63, 3.8) is 0 Å². The van der Waals surface area contributed by atoms with Gasteiger partial charge in [-0.05, 0) is 32.1 Å². The van der Waals surface area contributed by atoms with Crippen molar-refractivity contribution in [2.45, 2.75) is 52.1 Å². The lowest BCUT2D eigenvalue weighted by atomic mass is 9.82. The fraction of sp³-hybridized carbons (Fsp3) is 0.857. The fourth-order valence-electron chi connectivity index (χ4n) is 2.41. The maximum absolute atomic E-state index is 11.7. The zero-order valence-electron chi connectivity index (χ0n) is 12.4. The highest BCUT2D eigenvalue weighted by Crippen LogP contribution is 2.25. The molecule has 2 amide bonds. The van der Waals surface area contributed by atoms with Gasteiger partial charge in [0.1, 0.15) is 0 Å². The van der Waals surface area contributed by atoms with Gasteiger partial charge in [-0.2, -0.15) is 0 Å². The molecule has 0 aromatic rings. The van der Waals surface area contributed by atoms with Crippen molar-refractivity contribution < 1.29 is 19.4 Å². The molecule has 0 spiro atoms. The van der Waals surface area contributed by atoms with Crippen molar-refractivity contribution in [1.29, 1.82) is 0 Å². The summed E-state index contributed by atoms with van der Waals surface area (Å²) in [5, 5.41) is 14.7. The van der Waals surface area contributed by atoms with Gasteiger partial charge in [-0.3, -0.25) is 4.79 Å². The number of carbonyl (C=O) groups excluding carboxylic acids is 1. The number of urea groups is 1. The van der Waals surface area contributed by atoms with Gasteiger partial charge in [0, 0.05) is 19.7 Å². The van der Waals surface area contributed by atoms with Crippen LogP contribution in [0, 0.1) is 5.41 Å². The lowest BCUT2D eigenvalue weighted by Crippen LogP contribution is -2.46. The molecule has 1 saturated heterocycles. The van der Waals surface area contributed by atoms with Crippen molar-refractivity contribution in [3.8, 4) is 0 Å². The first kappa shape index (κ1) is 16.8. The van der Waals surface area contributed by atoms with E-state index in [2.05, 4.69) is 10.6 Å². The molecule has 1 heterocycles. The van der Waals surface area contributed by atoms with Crippen LogP contribution in [-0.4, -0.2) is 42.9 Å². The monoisotopic (exact) mass is 286 g/mol. The average Bonchev–Trinajstić information content (AvgIpc) is 2.93. The molecule has 1 fully saturated rings. The van der Waals surface area contributed by atoms with Crippen molar-refractivity contribution in [3.05, 3.63) is 0 Å². The Bertz CT molecular complexity index is 323. The highest BCUT2D eigenvalue weighted by Gasteiger charge is 2.35. The van der Waals surface area contributed by atoms with E-state index in [-0.39, 0.29) is 18.7 Å². The number of carboxylic acids is 1. The fourth-order valence-corrected chi connectivity index (χ4v) is 2.41. The molecule has 0 aromatic heterocycles. The zero-order chi connectivity index (χ0) is 15.0. The van der Waals surface area contributed by atoms with E-state index in [9.17, 15) is 14.7 Å². The molecule has 1 aliphatic heterocycles. The van der Waals surface area contributed by atoms with E-state index in [0.29, 0.717) is 19.4 Å². The first-order valence-corrected chi connectivity index (χ1v) is 7.40. The summed E-state index contributed by atoms with van der Waals surface area (Å²) in [6.07, 6.45) is 4.19. The Kier molecular flexibility index (Phi) is 6.78. The van der Waals surface area contributed by atoms with E-state index in [1.54, 1.807) is 0 Å². The van der Waals surface area contributed by atoms with Crippen molar-refractivity contribution >= 4 is 12.0 Å². The number of nitrogens with one attached hydrogen (secondary N) is 2. The molecule has 0 saturated carbocycles. The Morgan fingerprint density at radius 1 is 1.30 bits per heavy atom. The van der Waals surface area contributed by atoms with Crippen LogP contribution >= 0.6 is 0 Å². The van der Waals surface area contributed by atoms with E-state index in [1.807, 2.05) is 13.8 Å². The van der Waals surface area contributed by atoms with Crippen LogP contribution in [0.15, 0.2) is 0 Å². The standard InChI is InChI=1S/C14H26N2O4/c1-3-14(4-2,12(17)18)10-16-13(19)15-8-7-11-6-5-9-20-11/h11H,3-10H2,1-2H3,(H,17,18)(H2,15,16,19). The number of amides is 2. The minimum Gasteiger partial charge on any atom is -0.481 e. The van der Waals surface area contributed by atoms with Gasteiger partial charge >= 0.3 is 12.0 Å². The van der Waals surface area contributed by atoms with Crippen LogP contribution in [0.25, 0.3) is 0 Å². The molecule has 3 N–H and O–H groups in total. The highest BCUT2D eigenvalue weighted by molar-refractivity contribution is 5.78. The predicted molar refractivity (Wildman–Crippen MR) is 75.6 cm³/mol. The largest absolute Gasteiger partial charge is 0.481 e. The third-order valence-corrected chi connectivity index (χ3v) is 4.17. The van der Waals surface area contributed by atoms with Crippen LogP contribution in [0.3, 0.4) is 0 Å². The summed E-state index contributed by atoms with van der Waals surface area (Å²) in [4.78, 5) is 23.0. The number of ether oxygens (including phenoxy) is 1. The smallest absolute Gasteiger partial charge is 0.314 e. The summed E-state index contributed by atoms with van der Waals surface area (Å²) in [5.74, 6) is -0.859. The first-order chi connectivity index (χ1) is 9.54. The predicted octanol–water partition coefficient (Wildman–Crippen LogP) is 1.75. The maximum atomic E-state index is 11.7. The minimum absolute atomic E-state index is 0.154. The molecule has 0 aliphatic carbocycles. The third kappa shape index (κ3) is 4.67. The van der Waals surface area contributed by atoms with Crippen LogP contribution in [0.5, 0.6) is 0 Å². The summed E-state index contributed by atoms with van der Waals surface area (Å²) >= 11 is 0. The van der Waals surface area contributed by atoms with Gasteiger partial charge in [-0.1, -0.05) is 13.8 Å². The van der Waals surface area contributed by atoms with Crippen LogP contribution in [-0.2, 0) is 9.53 Å². The second kappa shape index (κ2) is 8.09. The summed E-state index contributed by atoms with van der Waals surface area (Å²) < 4.78 is 5.47. The Hall–Kier alpha value is -1.30. The topological polar surface area (TPSA) is 87.7 Å². The molecule has 1 aliphatic rings. The number of carboxylic acid groups (broad SMARTS) is 1. The SMILES string of the molecule is CCC(CC)(CNC(=O)NCCC1CCCO1)C(=O)O. The number of rotatable bonds is 8. The summed E-state index contributed by atoms with van der Waals surface area (Å²) in [6, 6.07) is -0.310. The van der Waals surface area contributed by atoms with Crippen molar-refractivity contribution in [2.24, 2.45) is 5.41 Å². The maximum Gasteiger partial charge on any atom is 0.314 e. The molecule has 1 atom stereocenters. The molecule has 6 nitrogen and oxygen atoms in total. The van der Waals surface area contributed by atoms with E-state index in [1.165, 1.54) is 0 Å². The molecular weight excluding hydrogens is 260 g/mol. The van der Waals surface area contributed by atoms with Gasteiger partial charge in [0.05, 0.1) is 11.5 Å². The van der Waals surface area contributed by atoms with Crippen LogP contribution in [0.1, 0.15) is 46.0 Å². The average molecular weight is 286 g/mol. The van der Waals surface area contributed by atoms with Gasteiger partial charge in [-0.25, -0.2) is 4.79 Å². The summed E-state index contributed by atoms with van der Waals surface area (Å²) in [5.41, 5.74) is -0.869. The Balaban J connectivity index is 2.25. The third-order valence-electron chi connectivity index (χ3n) is 4.17. The zero-order valence-corrected chi connectivity index (χ0v) is 12.4. The van der Waals surface area contributed by atoms with Gasteiger partial charge in [0.25, 0.3) is 0 Å². The minimum atomic E-state index is -0.869. The second-order valence-corrected chi connectivity index (χ2v) is 5.33. The number of hydrogen-bond acceptors (Lipinski definition) is 3. The number of hydrogen-bond donors (Lipinski definition) is 3. The first-order valence-electron chi connectivity index (χ1n) is 7.40. The Morgan fingerprint density at radius 3 is 2.50 bits per heavy atom. The van der Waals surface area contributed by atoms with E-state index >= 15 is 0 Å². The van der Waals surface area contributed by atoms with Gasteiger partial charge in [0.2, 0.25) is 0 Å². The van der Waals surface area contributed by atoms with E-state index in [4.69, 9.17) is 4.74 Å². The molecule has 0 aromatic carbocycles. The number of carbonyl (C=O) groups is 2. The van der Waals surface area contributed by atoms with E-state index < -0.39 is 11.4 Å². The quantitative estimate of drug-likeness (QED) is 0.634. The summed E-state index contributed by atoms with van der Waals surface area (Å²) in [7, 11) is 0. The van der Waals surface area contributed by atoms with Gasteiger partial charge in [0.15, 0.2) is 0 Å². The normalized spacial score (nSPS) is 18.8. The Morgan fingerprint density at radius 2 is 2.00 bits per heavy atom. The van der Waals surface area contributed by atoms with E-state index in [0.717, 1.165) is 25.9 Å². The lowest BCUT2D eigenvalue weighted by molar-refractivity contribution is -0.149. The van der Waals surface area contributed by atoms with Crippen LogP contribution in [0.2, 0.25) is 0 Å². The number of aliphatic carboxylic acids is 1. The molecular formula is C14H26N2O4. The second-order valence-electron chi connectivity index (χ2n) is 5.33. The molecule has 0 bridgehead atoms. The van der Waals surface area contributed by atoms with Gasteiger partial charge < -0.3 is 20.5 Å². The lowest BCUT2D eigenvalue weighted by Gasteiger charge is -2.26. The molecule has 0 radical (unpaired) electrons. The molecule has 1 rings (SSSR count). The molecule has 1 unspecified atom stereocenters. The van der Waals surface area contributed by atoms with Crippen molar-refractivity contribution in [2.75, 3.05) is 19.7 Å². The molecule has 116 valence electrons. The molecule has 20 heavy (non-hydrogen) atoms. The van der Waals surface area contributed by atoms with Crippen LogP contribution in [0.4, 0.5) is 4.79 Å². The van der Waals surface area contributed by atoms with Crippen molar-refractivity contribution in [1.82, 2.24) is 10.6 Å². The molecule has 6 heteroatoms.